The second kappa shape index (κ2) is 5.28. The molecule has 2 nitrogen and oxygen atoms in total. The first-order chi connectivity index (χ1) is 9.32. The van der Waals surface area contributed by atoms with E-state index in [4.69, 9.17) is 5.73 Å². The molecule has 0 aliphatic heterocycles. The highest BCUT2D eigenvalue weighted by atomic mass is 19.4. The fourth-order valence-corrected chi connectivity index (χ4v) is 3.46. The van der Waals surface area contributed by atoms with Crippen LogP contribution in [0.5, 0.6) is 5.75 Å². The molecule has 1 aromatic carbocycles. The zero-order valence-corrected chi connectivity index (χ0v) is 11.7. The molecule has 0 radical (unpaired) electrons. The van der Waals surface area contributed by atoms with E-state index >= 15 is 0 Å². The largest absolute Gasteiger partial charge is 0.573 e. The quantitative estimate of drug-likeness (QED) is 0.900. The van der Waals surface area contributed by atoms with Crippen molar-refractivity contribution < 1.29 is 17.9 Å². The second-order valence-corrected chi connectivity index (χ2v) is 5.45. The molecule has 20 heavy (non-hydrogen) atoms. The van der Waals surface area contributed by atoms with Gasteiger partial charge in [0.15, 0.2) is 0 Å². The minimum atomic E-state index is -4.64. The summed E-state index contributed by atoms with van der Waals surface area (Å²) in [5.74, 6) is 0.149. The van der Waals surface area contributed by atoms with Gasteiger partial charge in [0.1, 0.15) is 5.75 Å². The van der Waals surface area contributed by atoms with E-state index in [2.05, 4.69) is 18.6 Å². The topological polar surface area (TPSA) is 35.2 Å². The van der Waals surface area contributed by atoms with E-state index in [1.807, 2.05) is 0 Å². The number of rotatable bonds is 4. The van der Waals surface area contributed by atoms with Crippen molar-refractivity contribution in [2.75, 3.05) is 0 Å². The van der Waals surface area contributed by atoms with Crippen molar-refractivity contribution in [3.05, 3.63) is 29.8 Å². The SMILES string of the molecule is CCC1(CC)C(N)CC1c1ccc(OC(F)(F)F)cc1. The molecular weight excluding hydrogens is 267 g/mol. The molecule has 1 aliphatic carbocycles. The van der Waals surface area contributed by atoms with Gasteiger partial charge in [0.05, 0.1) is 0 Å². The molecule has 0 heterocycles. The van der Waals surface area contributed by atoms with Gasteiger partial charge in [0.2, 0.25) is 0 Å². The third-order valence-corrected chi connectivity index (χ3v) is 4.75. The minimum absolute atomic E-state index is 0.0758. The van der Waals surface area contributed by atoms with E-state index in [1.165, 1.54) is 12.1 Å². The summed E-state index contributed by atoms with van der Waals surface area (Å²) in [4.78, 5) is 0. The van der Waals surface area contributed by atoms with Crippen molar-refractivity contribution in [3.8, 4) is 5.75 Å². The molecule has 2 rings (SSSR count). The smallest absolute Gasteiger partial charge is 0.406 e. The normalized spacial score (nSPS) is 25.1. The Labute approximate surface area is 117 Å². The van der Waals surface area contributed by atoms with Crippen molar-refractivity contribution in [3.63, 3.8) is 0 Å². The molecular formula is C15H20F3NO. The Morgan fingerprint density at radius 1 is 1.20 bits per heavy atom. The maximum atomic E-state index is 12.1. The number of ether oxygens (including phenoxy) is 1. The molecule has 2 N–H and O–H groups in total. The summed E-state index contributed by atoms with van der Waals surface area (Å²) < 4.78 is 40.3. The van der Waals surface area contributed by atoms with Gasteiger partial charge in [-0.15, -0.1) is 13.2 Å². The summed E-state index contributed by atoms with van der Waals surface area (Å²) in [6.45, 7) is 4.24. The summed E-state index contributed by atoms with van der Waals surface area (Å²) in [6, 6.07) is 6.37. The average molecular weight is 287 g/mol. The molecule has 2 unspecified atom stereocenters. The predicted octanol–water partition coefficient (Wildman–Crippen LogP) is 4.21. The number of benzene rings is 1. The van der Waals surface area contributed by atoms with Gasteiger partial charge in [-0.1, -0.05) is 26.0 Å². The van der Waals surface area contributed by atoms with Gasteiger partial charge in [0, 0.05) is 6.04 Å². The lowest BCUT2D eigenvalue weighted by atomic mass is 9.52. The first-order valence-corrected chi connectivity index (χ1v) is 6.93. The lowest BCUT2D eigenvalue weighted by Gasteiger charge is -2.55. The van der Waals surface area contributed by atoms with Crippen LogP contribution < -0.4 is 10.5 Å². The van der Waals surface area contributed by atoms with Crippen molar-refractivity contribution >= 4 is 0 Å². The Morgan fingerprint density at radius 3 is 2.15 bits per heavy atom. The number of hydrogen-bond acceptors (Lipinski definition) is 2. The Balaban J connectivity index is 2.15. The molecule has 0 bridgehead atoms. The highest BCUT2D eigenvalue weighted by Crippen LogP contribution is 2.56. The molecule has 2 atom stereocenters. The van der Waals surface area contributed by atoms with Gasteiger partial charge in [-0.05, 0) is 48.3 Å². The maximum Gasteiger partial charge on any atom is 0.573 e. The fraction of sp³-hybridized carbons (Fsp3) is 0.600. The van der Waals surface area contributed by atoms with Crippen LogP contribution in [0.15, 0.2) is 24.3 Å². The van der Waals surface area contributed by atoms with Gasteiger partial charge < -0.3 is 10.5 Å². The van der Waals surface area contributed by atoms with Crippen LogP contribution in [0.3, 0.4) is 0 Å². The molecule has 1 saturated carbocycles. The highest BCUT2D eigenvalue weighted by Gasteiger charge is 2.50. The first-order valence-electron chi connectivity index (χ1n) is 6.93. The van der Waals surface area contributed by atoms with Crippen LogP contribution in [-0.2, 0) is 0 Å². The van der Waals surface area contributed by atoms with Crippen LogP contribution in [0.4, 0.5) is 13.2 Å². The van der Waals surface area contributed by atoms with E-state index in [1.54, 1.807) is 12.1 Å². The highest BCUT2D eigenvalue weighted by molar-refractivity contribution is 5.33. The van der Waals surface area contributed by atoms with Gasteiger partial charge in [-0.3, -0.25) is 0 Å². The van der Waals surface area contributed by atoms with E-state index in [9.17, 15) is 13.2 Å². The minimum Gasteiger partial charge on any atom is -0.406 e. The summed E-state index contributed by atoms with van der Waals surface area (Å²) in [6.07, 6.45) is -1.79. The van der Waals surface area contributed by atoms with Gasteiger partial charge >= 0.3 is 6.36 Å². The van der Waals surface area contributed by atoms with Crippen molar-refractivity contribution in [2.24, 2.45) is 11.1 Å². The van der Waals surface area contributed by atoms with E-state index in [-0.39, 0.29) is 17.2 Å². The summed E-state index contributed by atoms with van der Waals surface area (Å²) in [5.41, 5.74) is 7.27. The second-order valence-electron chi connectivity index (χ2n) is 5.45. The standard InChI is InChI=1S/C15H20F3NO/c1-3-14(4-2)12(9-13(14)19)10-5-7-11(8-6-10)20-15(16,17)18/h5-8,12-13H,3-4,9,19H2,1-2H3. The summed E-state index contributed by atoms with van der Waals surface area (Å²) in [7, 11) is 0. The maximum absolute atomic E-state index is 12.1. The molecule has 1 aliphatic rings. The van der Waals surface area contributed by atoms with Crippen LogP contribution in [0, 0.1) is 5.41 Å². The Kier molecular flexibility index (Phi) is 4.00. The molecule has 1 aromatic rings. The Hall–Kier alpha value is -1.23. The van der Waals surface area contributed by atoms with Crippen LogP contribution in [0.1, 0.15) is 44.6 Å². The van der Waals surface area contributed by atoms with E-state index in [0.717, 1.165) is 24.8 Å². The molecule has 0 spiro atoms. The molecule has 0 saturated heterocycles. The van der Waals surface area contributed by atoms with Crippen molar-refractivity contribution in [1.82, 2.24) is 0 Å². The monoisotopic (exact) mass is 287 g/mol. The van der Waals surface area contributed by atoms with Crippen molar-refractivity contribution in [2.45, 2.75) is 51.4 Å². The molecule has 1 fully saturated rings. The van der Waals surface area contributed by atoms with E-state index < -0.39 is 6.36 Å². The Bertz CT molecular complexity index is 451. The third kappa shape index (κ3) is 2.64. The number of alkyl halides is 3. The molecule has 5 heteroatoms. The average Bonchev–Trinajstić information content (AvgIpc) is 2.37. The lowest BCUT2D eigenvalue weighted by Crippen LogP contribution is -2.55. The van der Waals surface area contributed by atoms with Crippen LogP contribution in [0.25, 0.3) is 0 Å². The number of nitrogens with two attached hydrogens (primary N) is 1. The zero-order chi connectivity index (χ0) is 15.0. The fourth-order valence-electron chi connectivity index (χ4n) is 3.46. The number of hydrogen-bond donors (Lipinski definition) is 1. The zero-order valence-electron chi connectivity index (χ0n) is 11.7. The first kappa shape index (κ1) is 15.2. The van der Waals surface area contributed by atoms with Crippen LogP contribution in [0.2, 0.25) is 0 Å². The third-order valence-electron chi connectivity index (χ3n) is 4.75. The summed E-state index contributed by atoms with van der Waals surface area (Å²) >= 11 is 0. The van der Waals surface area contributed by atoms with Crippen LogP contribution in [-0.4, -0.2) is 12.4 Å². The number of halogens is 3. The van der Waals surface area contributed by atoms with Gasteiger partial charge in [-0.2, -0.15) is 0 Å². The predicted molar refractivity (Wildman–Crippen MR) is 71.5 cm³/mol. The van der Waals surface area contributed by atoms with Gasteiger partial charge in [0.25, 0.3) is 0 Å². The van der Waals surface area contributed by atoms with Crippen molar-refractivity contribution in [1.29, 1.82) is 0 Å². The van der Waals surface area contributed by atoms with E-state index in [0.29, 0.717) is 5.92 Å². The summed E-state index contributed by atoms with van der Waals surface area (Å²) in [5, 5.41) is 0. The van der Waals surface area contributed by atoms with Gasteiger partial charge in [-0.25, -0.2) is 0 Å². The Morgan fingerprint density at radius 2 is 1.75 bits per heavy atom. The lowest BCUT2D eigenvalue weighted by molar-refractivity contribution is -0.274. The molecule has 0 amide bonds. The molecule has 112 valence electrons. The van der Waals surface area contributed by atoms with Crippen LogP contribution >= 0.6 is 0 Å². The molecule has 0 aromatic heterocycles.